The number of hydrogen-bond donors (Lipinski definition) is 2. The number of nitrogens with two attached hydrogens (primary N) is 1. The summed E-state index contributed by atoms with van der Waals surface area (Å²) in [6, 6.07) is 13.8. The number of carbonyl (C=O) groups is 1. The van der Waals surface area contributed by atoms with Crippen molar-refractivity contribution in [3.63, 3.8) is 0 Å². The molecule has 0 aliphatic carbocycles. The van der Waals surface area contributed by atoms with Gasteiger partial charge in [0.15, 0.2) is 5.13 Å². The van der Waals surface area contributed by atoms with Crippen LogP contribution in [0.2, 0.25) is 0 Å². The molecular formula is C15H13N3O3S2. The summed E-state index contributed by atoms with van der Waals surface area (Å²) in [5, 5.41) is 8.26. The van der Waals surface area contributed by atoms with E-state index in [1.54, 1.807) is 6.07 Å². The summed E-state index contributed by atoms with van der Waals surface area (Å²) in [4.78, 5) is 16.3. The number of carbonyl (C=O) groups excluding carboxylic acids is 1. The van der Waals surface area contributed by atoms with Crippen molar-refractivity contribution < 1.29 is 13.2 Å². The van der Waals surface area contributed by atoms with Crippen LogP contribution in [0.15, 0.2) is 53.4 Å². The Morgan fingerprint density at radius 2 is 1.91 bits per heavy atom. The van der Waals surface area contributed by atoms with Crippen LogP contribution in [0.5, 0.6) is 0 Å². The van der Waals surface area contributed by atoms with Gasteiger partial charge in [-0.2, -0.15) is 0 Å². The summed E-state index contributed by atoms with van der Waals surface area (Å²) in [6.07, 6.45) is 0.249. The molecule has 0 unspecified atom stereocenters. The zero-order valence-electron chi connectivity index (χ0n) is 11.9. The Kier molecular flexibility index (Phi) is 4.12. The van der Waals surface area contributed by atoms with Crippen molar-refractivity contribution in [2.24, 2.45) is 5.14 Å². The molecule has 6 nitrogen and oxygen atoms in total. The van der Waals surface area contributed by atoms with Gasteiger partial charge in [-0.05, 0) is 23.8 Å². The van der Waals surface area contributed by atoms with Crippen LogP contribution in [0.3, 0.4) is 0 Å². The number of anilines is 1. The van der Waals surface area contributed by atoms with Gasteiger partial charge in [-0.3, -0.25) is 4.79 Å². The van der Waals surface area contributed by atoms with Crippen LogP contribution < -0.4 is 10.5 Å². The number of rotatable bonds is 4. The molecule has 0 radical (unpaired) electrons. The van der Waals surface area contributed by atoms with Crippen molar-refractivity contribution in [1.82, 2.24) is 4.98 Å². The van der Waals surface area contributed by atoms with E-state index in [0.29, 0.717) is 15.3 Å². The standard InChI is InChI=1S/C15H13N3O3S2/c16-23(20,21)11-6-7-12-13(9-11)22-15(17-12)18-14(19)8-10-4-2-1-3-5-10/h1-7,9H,8H2,(H2,16,20,21)(H,17,18,19). The molecule has 0 saturated carbocycles. The maximum Gasteiger partial charge on any atom is 0.238 e. The Bertz CT molecular complexity index is 966. The Balaban J connectivity index is 1.79. The molecule has 1 heterocycles. The van der Waals surface area contributed by atoms with Gasteiger partial charge >= 0.3 is 0 Å². The van der Waals surface area contributed by atoms with Gasteiger partial charge in [-0.15, -0.1) is 0 Å². The Morgan fingerprint density at radius 1 is 1.17 bits per heavy atom. The van der Waals surface area contributed by atoms with Gasteiger partial charge in [0.1, 0.15) is 0 Å². The lowest BCUT2D eigenvalue weighted by Gasteiger charge is -2.01. The summed E-state index contributed by atoms with van der Waals surface area (Å²) in [6.45, 7) is 0. The number of benzene rings is 2. The van der Waals surface area contributed by atoms with E-state index < -0.39 is 10.0 Å². The molecule has 0 atom stereocenters. The second-order valence-electron chi connectivity index (χ2n) is 4.90. The number of sulfonamides is 1. The van der Waals surface area contributed by atoms with Gasteiger partial charge in [-0.25, -0.2) is 18.5 Å². The Labute approximate surface area is 137 Å². The first-order chi connectivity index (χ1) is 10.9. The molecule has 118 valence electrons. The average molecular weight is 347 g/mol. The molecule has 3 rings (SSSR count). The van der Waals surface area contributed by atoms with E-state index in [0.717, 1.165) is 5.56 Å². The fraction of sp³-hybridized carbons (Fsp3) is 0.0667. The van der Waals surface area contributed by atoms with Crippen molar-refractivity contribution in [2.45, 2.75) is 11.3 Å². The number of hydrogen-bond acceptors (Lipinski definition) is 5. The monoisotopic (exact) mass is 347 g/mol. The topological polar surface area (TPSA) is 102 Å². The quantitative estimate of drug-likeness (QED) is 0.754. The van der Waals surface area contributed by atoms with E-state index in [1.165, 1.54) is 23.5 Å². The van der Waals surface area contributed by atoms with Gasteiger partial charge in [0, 0.05) is 0 Å². The van der Waals surface area contributed by atoms with Crippen LogP contribution in [0.25, 0.3) is 10.2 Å². The molecule has 0 aliphatic heterocycles. The third kappa shape index (κ3) is 3.73. The zero-order chi connectivity index (χ0) is 16.4. The normalized spacial score (nSPS) is 11.5. The first-order valence-electron chi connectivity index (χ1n) is 6.69. The Morgan fingerprint density at radius 3 is 2.61 bits per heavy atom. The zero-order valence-corrected chi connectivity index (χ0v) is 13.5. The first kappa shape index (κ1) is 15.6. The lowest BCUT2D eigenvalue weighted by Crippen LogP contribution is -2.13. The first-order valence-corrected chi connectivity index (χ1v) is 9.05. The third-order valence-electron chi connectivity index (χ3n) is 3.14. The van der Waals surface area contributed by atoms with Crippen molar-refractivity contribution in [3.05, 3.63) is 54.1 Å². The summed E-state index contributed by atoms with van der Waals surface area (Å²) >= 11 is 1.20. The highest BCUT2D eigenvalue weighted by molar-refractivity contribution is 7.89. The number of primary sulfonamides is 1. The maximum absolute atomic E-state index is 12.0. The van der Waals surface area contributed by atoms with Crippen LogP contribution in [-0.2, 0) is 21.2 Å². The number of nitrogens with zero attached hydrogens (tertiary/aromatic N) is 1. The van der Waals surface area contributed by atoms with E-state index in [1.807, 2.05) is 30.3 Å². The summed E-state index contributed by atoms with van der Waals surface area (Å²) in [7, 11) is -3.76. The predicted octanol–water partition coefficient (Wildman–Crippen LogP) is 2.12. The van der Waals surface area contributed by atoms with Crippen molar-refractivity contribution in [1.29, 1.82) is 0 Å². The highest BCUT2D eigenvalue weighted by atomic mass is 32.2. The second kappa shape index (κ2) is 6.07. The van der Waals surface area contributed by atoms with Gasteiger partial charge in [-0.1, -0.05) is 41.7 Å². The van der Waals surface area contributed by atoms with Crippen LogP contribution in [0.4, 0.5) is 5.13 Å². The molecule has 1 aromatic heterocycles. The number of amides is 1. The molecule has 0 aliphatic rings. The molecule has 2 aromatic carbocycles. The van der Waals surface area contributed by atoms with Crippen LogP contribution in [0.1, 0.15) is 5.56 Å². The molecule has 0 saturated heterocycles. The minimum absolute atomic E-state index is 0.0239. The van der Waals surface area contributed by atoms with Crippen molar-refractivity contribution in [2.75, 3.05) is 5.32 Å². The van der Waals surface area contributed by atoms with Crippen molar-refractivity contribution in [3.8, 4) is 0 Å². The highest BCUT2D eigenvalue weighted by Crippen LogP contribution is 2.27. The number of aromatic nitrogens is 1. The minimum Gasteiger partial charge on any atom is -0.302 e. The van der Waals surface area contributed by atoms with E-state index in [9.17, 15) is 13.2 Å². The molecule has 8 heteroatoms. The van der Waals surface area contributed by atoms with E-state index in [2.05, 4.69) is 10.3 Å². The molecule has 3 N–H and O–H groups in total. The van der Waals surface area contributed by atoms with Crippen molar-refractivity contribution >= 4 is 42.6 Å². The average Bonchev–Trinajstić information content (AvgIpc) is 2.88. The van der Waals surface area contributed by atoms with Gasteiger partial charge in [0.25, 0.3) is 0 Å². The predicted molar refractivity (Wildman–Crippen MR) is 89.8 cm³/mol. The summed E-state index contributed by atoms with van der Waals surface area (Å²) in [5.74, 6) is -0.179. The van der Waals surface area contributed by atoms with Gasteiger partial charge < -0.3 is 5.32 Å². The largest absolute Gasteiger partial charge is 0.302 e. The molecule has 23 heavy (non-hydrogen) atoms. The SMILES string of the molecule is NS(=O)(=O)c1ccc2nc(NC(=O)Cc3ccccc3)sc2c1. The number of fused-ring (bicyclic) bond motifs is 1. The smallest absolute Gasteiger partial charge is 0.238 e. The second-order valence-corrected chi connectivity index (χ2v) is 7.50. The Hall–Kier alpha value is -2.29. The lowest BCUT2D eigenvalue weighted by atomic mass is 10.1. The molecule has 3 aromatic rings. The maximum atomic E-state index is 12.0. The van der Waals surface area contributed by atoms with Gasteiger partial charge in [0.2, 0.25) is 15.9 Å². The van der Waals surface area contributed by atoms with E-state index >= 15 is 0 Å². The molecule has 1 amide bonds. The highest BCUT2D eigenvalue weighted by Gasteiger charge is 2.12. The summed E-state index contributed by atoms with van der Waals surface area (Å²) < 4.78 is 23.4. The van der Waals surface area contributed by atoms with Crippen LogP contribution >= 0.6 is 11.3 Å². The molecule has 0 bridgehead atoms. The number of thiazole rings is 1. The molecule has 0 fully saturated rings. The van der Waals surface area contributed by atoms with E-state index in [-0.39, 0.29) is 17.2 Å². The lowest BCUT2D eigenvalue weighted by molar-refractivity contribution is -0.115. The fourth-order valence-electron chi connectivity index (χ4n) is 2.08. The number of nitrogens with one attached hydrogen (secondary N) is 1. The van der Waals surface area contributed by atoms with Gasteiger partial charge in [0.05, 0.1) is 21.5 Å². The minimum atomic E-state index is -3.76. The molecule has 0 spiro atoms. The molecular weight excluding hydrogens is 334 g/mol. The third-order valence-corrected chi connectivity index (χ3v) is 4.99. The van der Waals surface area contributed by atoms with Crippen LogP contribution in [0, 0.1) is 0 Å². The van der Waals surface area contributed by atoms with Crippen LogP contribution in [-0.4, -0.2) is 19.3 Å². The fourth-order valence-corrected chi connectivity index (χ4v) is 3.62. The van der Waals surface area contributed by atoms with E-state index in [4.69, 9.17) is 5.14 Å². The summed E-state index contributed by atoms with van der Waals surface area (Å²) in [5.41, 5.74) is 1.51.